The van der Waals surface area contributed by atoms with Gasteiger partial charge in [0.2, 0.25) is 0 Å². The highest BCUT2D eigenvalue weighted by atomic mass is 32.1. The summed E-state index contributed by atoms with van der Waals surface area (Å²) < 4.78 is 0. The van der Waals surface area contributed by atoms with Crippen molar-refractivity contribution < 1.29 is 0 Å². The van der Waals surface area contributed by atoms with Crippen molar-refractivity contribution in [3.8, 4) is 10.7 Å². The fraction of sp³-hybridized carbons (Fsp3) is 0.300. The minimum Gasteiger partial charge on any atom is -0.341 e. The van der Waals surface area contributed by atoms with E-state index in [1.807, 2.05) is 38.4 Å². The Kier molecular flexibility index (Phi) is 3.71. The molecule has 0 spiro atoms. The minimum absolute atomic E-state index is 0.970. The number of nitrogens with one attached hydrogen (secondary N) is 1. The van der Waals surface area contributed by atoms with Gasteiger partial charge in [0, 0.05) is 11.9 Å². The van der Waals surface area contributed by atoms with Gasteiger partial charge in [0.15, 0.2) is 0 Å². The van der Waals surface area contributed by atoms with Crippen LogP contribution < -0.4 is 0 Å². The van der Waals surface area contributed by atoms with Gasteiger partial charge in [-0.1, -0.05) is 19.9 Å². The standard InChI is InChI=1S/C8H8N2S.C2H6/c1-6-5-9-8(10-6)7-3-2-4-11-7;1-2/h2-5H,1H3,(H,9,10);1-2H3. The van der Waals surface area contributed by atoms with Crippen LogP contribution in [0, 0.1) is 6.92 Å². The Balaban J connectivity index is 0.000000396. The van der Waals surface area contributed by atoms with Gasteiger partial charge in [0.05, 0.1) is 4.88 Å². The monoisotopic (exact) mass is 194 g/mol. The molecule has 2 heterocycles. The number of aromatic amines is 1. The average Bonchev–Trinajstić information content (AvgIpc) is 2.77. The van der Waals surface area contributed by atoms with E-state index in [-0.39, 0.29) is 0 Å². The smallest absolute Gasteiger partial charge is 0.147 e. The molecule has 0 aliphatic carbocycles. The van der Waals surface area contributed by atoms with E-state index in [9.17, 15) is 0 Å². The van der Waals surface area contributed by atoms with Gasteiger partial charge < -0.3 is 4.98 Å². The van der Waals surface area contributed by atoms with Crippen molar-refractivity contribution in [1.29, 1.82) is 0 Å². The van der Waals surface area contributed by atoms with E-state index in [2.05, 4.69) is 16.0 Å². The first-order chi connectivity index (χ1) is 6.36. The number of aryl methyl sites for hydroxylation is 1. The van der Waals surface area contributed by atoms with Crippen LogP contribution in [0.2, 0.25) is 0 Å². The predicted octanol–water partition coefficient (Wildman–Crippen LogP) is 3.47. The fourth-order valence-corrected chi connectivity index (χ4v) is 1.63. The van der Waals surface area contributed by atoms with Gasteiger partial charge in [-0.25, -0.2) is 4.98 Å². The lowest BCUT2D eigenvalue weighted by molar-refractivity contribution is 1.26. The van der Waals surface area contributed by atoms with Crippen LogP contribution in [0.1, 0.15) is 19.5 Å². The van der Waals surface area contributed by atoms with Crippen LogP contribution >= 0.6 is 11.3 Å². The van der Waals surface area contributed by atoms with E-state index in [1.54, 1.807) is 11.3 Å². The maximum atomic E-state index is 4.21. The Labute approximate surface area is 82.7 Å². The van der Waals surface area contributed by atoms with E-state index in [0.29, 0.717) is 0 Å². The number of imidazole rings is 1. The summed E-state index contributed by atoms with van der Waals surface area (Å²) in [6.07, 6.45) is 1.84. The molecule has 13 heavy (non-hydrogen) atoms. The van der Waals surface area contributed by atoms with E-state index in [0.717, 1.165) is 11.5 Å². The van der Waals surface area contributed by atoms with Crippen molar-refractivity contribution in [2.75, 3.05) is 0 Å². The Hall–Kier alpha value is -1.09. The zero-order chi connectivity index (χ0) is 9.68. The molecule has 3 heteroatoms. The van der Waals surface area contributed by atoms with Crippen LogP contribution in [0.25, 0.3) is 10.7 Å². The van der Waals surface area contributed by atoms with Gasteiger partial charge in [-0.3, -0.25) is 0 Å². The summed E-state index contributed by atoms with van der Waals surface area (Å²) in [6, 6.07) is 4.08. The summed E-state index contributed by atoms with van der Waals surface area (Å²) in [6.45, 7) is 6.00. The third-order valence-electron chi connectivity index (χ3n) is 1.46. The molecule has 0 aliphatic rings. The number of nitrogens with zero attached hydrogens (tertiary/aromatic N) is 1. The Morgan fingerprint density at radius 2 is 2.15 bits per heavy atom. The molecule has 0 aliphatic heterocycles. The largest absolute Gasteiger partial charge is 0.341 e. The van der Waals surface area contributed by atoms with Gasteiger partial charge in [-0.2, -0.15) is 0 Å². The second-order valence-corrected chi connectivity index (χ2v) is 3.34. The number of thiophene rings is 1. The van der Waals surface area contributed by atoms with E-state index < -0.39 is 0 Å². The summed E-state index contributed by atoms with van der Waals surface area (Å²) in [5, 5.41) is 2.05. The first kappa shape index (κ1) is 9.99. The molecule has 1 N–H and O–H groups in total. The van der Waals surface area contributed by atoms with Crippen LogP contribution in [0.5, 0.6) is 0 Å². The second-order valence-electron chi connectivity index (χ2n) is 2.39. The van der Waals surface area contributed by atoms with Crippen molar-refractivity contribution in [2.45, 2.75) is 20.8 Å². The van der Waals surface area contributed by atoms with Gasteiger partial charge in [0.25, 0.3) is 0 Å². The number of H-pyrrole nitrogens is 1. The zero-order valence-electron chi connectivity index (χ0n) is 8.16. The van der Waals surface area contributed by atoms with E-state index >= 15 is 0 Å². The van der Waals surface area contributed by atoms with E-state index in [1.165, 1.54) is 4.88 Å². The maximum absolute atomic E-state index is 4.21. The molecule has 0 bridgehead atoms. The first-order valence-corrected chi connectivity index (χ1v) is 5.30. The summed E-state index contributed by atoms with van der Waals surface area (Å²) in [5.74, 6) is 0.970. The zero-order valence-corrected chi connectivity index (χ0v) is 8.98. The SMILES string of the molecule is CC.Cc1cnc(-c2cccs2)[nH]1. The van der Waals surface area contributed by atoms with Crippen LogP contribution in [0.3, 0.4) is 0 Å². The number of hydrogen-bond donors (Lipinski definition) is 1. The molecule has 2 rings (SSSR count). The molecule has 0 radical (unpaired) electrons. The Morgan fingerprint density at radius 1 is 1.38 bits per heavy atom. The Bertz CT molecular complexity index is 335. The van der Waals surface area contributed by atoms with Crippen molar-refractivity contribution in [3.05, 3.63) is 29.4 Å². The van der Waals surface area contributed by atoms with Crippen LogP contribution in [-0.4, -0.2) is 9.97 Å². The molecule has 0 unspecified atom stereocenters. The molecule has 2 nitrogen and oxygen atoms in total. The topological polar surface area (TPSA) is 28.7 Å². The predicted molar refractivity (Wildman–Crippen MR) is 58.0 cm³/mol. The molecular weight excluding hydrogens is 180 g/mol. The van der Waals surface area contributed by atoms with Crippen LogP contribution in [0.4, 0.5) is 0 Å². The quantitative estimate of drug-likeness (QED) is 0.739. The third kappa shape index (κ3) is 2.42. The summed E-state index contributed by atoms with van der Waals surface area (Å²) in [5.41, 5.74) is 1.11. The summed E-state index contributed by atoms with van der Waals surface area (Å²) in [4.78, 5) is 8.58. The molecule has 2 aromatic rings. The normalized spacial score (nSPS) is 9.15. The van der Waals surface area contributed by atoms with Gasteiger partial charge >= 0.3 is 0 Å². The molecule has 0 atom stereocenters. The highest BCUT2D eigenvalue weighted by molar-refractivity contribution is 7.13. The first-order valence-electron chi connectivity index (χ1n) is 4.42. The second kappa shape index (κ2) is 4.82. The molecule has 70 valence electrons. The van der Waals surface area contributed by atoms with E-state index in [4.69, 9.17) is 0 Å². The molecule has 0 amide bonds. The molecule has 2 aromatic heterocycles. The molecular formula is C10H14N2S. The van der Waals surface area contributed by atoms with Crippen LogP contribution in [-0.2, 0) is 0 Å². The van der Waals surface area contributed by atoms with Crippen molar-refractivity contribution in [2.24, 2.45) is 0 Å². The fourth-order valence-electron chi connectivity index (χ4n) is 0.951. The Morgan fingerprint density at radius 3 is 2.62 bits per heavy atom. The highest BCUT2D eigenvalue weighted by Crippen LogP contribution is 2.20. The van der Waals surface area contributed by atoms with Crippen LogP contribution in [0.15, 0.2) is 23.7 Å². The van der Waals surface area contributed by atoms with Crippen molar-refractivity contribution >= 4 is 11.3 Å². The molecule has 0 fully saturated rings. The number of aromatic nitrogens is 2. The number of rotatable bonds is 1. The molecule has 0 saturated carbocycles. The number of hydrogen-bond acceptors (Lipinski definition) is 2. The maximum Gasteiger partial charge on any atom is 0.147 e. The third-order valence-corrected chi connectivity index (χ3v) is 2.33. The molecule has 0 saturated heterocycles. The summed E-state index contributed by atoms with van der Waals surface area (Å²) in [7, 11) is 0. The average molecular weight is 194 g/mol. The summed E-state index contributed by atoms with van der Waals surface area (Å²) >= 11 is 1.70. The molecule has 0 aromatic carbocycles. The van der Waals surface area contributed by atoms with Crippen molar-refractivity contribution in [3.63, 3.8) is 0 Å². The minimum atomic E-state index is 0.970. The lowest BCUT2D eigenvalue weighted by Crippen LogP contribution is -1.73. The highest BCUT2D eigenvalue weighted by Gasteiger charge is 2.00. The lowest BCUT2D eigenvalue weighted by atomic mass is 10.4. The van der Waals surface area contributed by atoms with Gasteiger partial charge in [0.1, 0.15) is 5.82 Å². The lowest BCUT2D eigenvalue weighted by Gasteiger charge is -1.86. The van der Waals surface area contributed by atoms with Gasteiger partial charge in [-0.15, -0.1) is 11.3 Å². The van der Waals surface area contributed by atoms with Gasteiger partial charge in [-0.05, 0) is 18.4 Å². The van der Waals surface area contributed by atoms with Crippen molar-refractivity contribution in [1.82, 2.24) is 9.97 Å².